The maximum Gasteiger partial charge on any atom is 0.359 e. The Kier molecular flexibility index (Phi) is 5.25. The number of anilines is 1. The van der Waals surface area contributed by atoms with Crippen LogP contribution < -0.4 is 4.90 Å². The molecule has 0 bridgehead atoms. The lowest BCUT2D eigenvalue weighted by atomic mass is 9.95. The van der Waals surface area contributed by atoms with E-state index in [0.29, 0.717) is 5.69 Å². The lowest BCUT2D eigenvalue weighted by Crippen LogP contribution is -2.38. The maximum absolute atomic E-state index is 13.4. The molecular weight excluding hydrogens is 409 g/mol. The van der Waals surface area contributed by atoms with Gasteiger partial charge >= 0.3 is 5.97 Å². The molecule has 2 heterocycles. The number of halogens is 1. The molecule has 2 aliphatic rings. The summed E-state index contributed by atoms with van der Waals surface area (Å²) in [6, 6.07) is 13.8. The Labute approximate surface area is 185 Å². The molecule has 0 spiro atoms. The summed E-state index contributed by atoms with van der Waals surface area (Å²) >= 11 is 0. The van der Waals surface area contributed by atoms with E-state index < -0.39 is 5.97 Å². The van der Waals surface area contributed by atoms with Gasteiger partial charge in [0.25, 0.3) is 5.91 Å². The second-order valence-corrected chi connectivity index (χ2v) is 8.39. The molecule has 1 aliphatic heterocycles. The summed E-state index contributed by atoms with van der Waals surface area (Å²) < 4.78 is 20.5. The number of esters is 1. The molecule has 7 heteroatoms. The van der Waals surface area contributed by atoms with Crippen LogP contribution in [0.15, 0.2) is 48.5 Å². The number of nitrogens with zero attached hydrogens (tertiary/aromatic N) is 3. The van der Waals surface area contributed by atoms with Crippen molar-refractivity contribution in [1.82, 2.24) is 9.78 Å². The number of carbonyl (C=O) groups excluding carboxylic acids is 2. The van der Waals surface area contributed by atoms with Gasteiger partial charge in [-0.2, -0.15) is 5.10 Å². The summed E-state index contributed by atoms with van der Waals surface area (Å²) in [5, 5.41) is 4.51. The summed E-state index contributed by atoms with van der Waals surface area (Å²) in [4.78, 5) is 27.5. The molecule has 0 radical (unpaired) electrons. The maximum atomic E-state index is 13.4. The first-order valence-corrected chi connectivity index (χ1v) is 11.0. The molecule has 164 valence electrons. The normalized spacial score (nSPS) is 17.1. The van der Waals surface area contributed by atoms with Gasteiger partial charge in [0.1, 0.15) is 5.82 Å². The fourth-order valence-electron chi connectivity index (χ4n) is 4.77. The van der Waals surface area contributed by atoms with E-state index in [4.69, 9.17) is 4.74 Å². The lowest BCUT2D eigenvalue weighted by Gasteiger charge is -2.22. The number of aromatic nitrogens is 2. The molecule has 1 unspecified atom stereocenters. The summed E-state index contributed by atoms with van der Waals surface area (Å²) in [5.74, 6) is -1.18. The Balaban J connectivity index is 1.36. The highest BCUT2D eigenvalue weighted by Gasteiger charge is 2.32. The predicted molar refractivity (Wildman–Crippen MR) is 118 cm³/mol. The molecular formula is C25H24FN3O3. The van der Waals surface area contributed by atoms with Crippen LogP contribution in [0.2, 0.25) is 0 Å². The first-order valence-electron chi connectivity index (χ1n) is 11.0. The highest BCUT2D eigenvalue weighted by Crippen LogP contribution is 2.32. The van der Waals surface area contributed by atoms with E-state index in [1.807, 2.05) is 31.2 Å². The molecule has 6 nitrogen and oxygen atoms in total. The summed E-state index contributed by atoms with van der Waals surface area (Å²) in [6.45, 7) is 1.65. The van der Waals surface area contributed by atoms with Crippen LogP contribution in [0.3, 0.4) is 0 Å². The molecule has 32 heavy (non-hydrogen) atoms. The van der Waals surface area contributed by atoms with Crippen molar-refractivity contribution >= 4 is 17.6 Å². The van der Waals surface area contributed by atoms with Crippen molar-refractivity contribution in [2.24, 2.45) is 0 Å². The van der Waals surface area contributed by atoms with Gasteiger partial charge in [-0.1, -0.05) is 18.2 Å². The number of benzene rings is 2. The fraction of sp³-hybridized carbons (Fsp3) is 0.320. The molecule has 0 saturated carbocycles. The van der Waals surface area contributed by atoms with Crippen molar-refractivity contribution in [2.45, 2.75) is 45.1 Å². The van der Waals surface area contributed by atoms with Crippen LogP contribution in [0, 0.1) is 5.82 Å². The van der Waals surface area contributed by atoms with Crippen molar-refractivity contribution in [3.05, 3.63) is 76.9 Å². The van der Waals surface area contributed by atoms with Gasteiger partial charge in [0.15, 0.2) is 12.3 Å². The van der Waals surface area contributed by atoms with Gasteiger partial charge in [0.05, 0.1) is 5.69 Å². The van der Waals surface area contributed by atoms with Crippen LogP contribution >= 0.6 is 0 Å². The lowest BCUT2D eigenvalue weighted by molar-refractivity contribution is -0.122. The van der Waals surface area contributed by atoms with Crippen LogP contribution in [0.1, 0.15) is 47.1 Å². The number of amides is 1. The predicted octanol–water partition coefficient (Wildman–Crippen LogP) is 4.02. The average molecular weight is 433 g/mol. The van der Waals surface area contributed by atoms with E-state index in [1.54, 1.807) is 21.7 Å². The van der Waals surface area contributed by atoms with Gasteiger partial charge in [0, 0.05) is 23.0 Å². The number of ether oxygens (including phenoxy) is 1. The van der Waals surface area contributed by atoms with Crippen LogP contribution in [0.5, 0.6) is 0 Å². The minimum absolute atomic E-state index is 0.0176. The van der Waals surface area contributed by atoms with Gasteiger partial charge in [-0.05, 0) is 74.9 Å². The van der Waals surface area contributed by atoms with Crippen molar-refractivity contribution in [2.75, 3.05) is 11.5 Å². The standard InChI is InChI=1S/C25H24FN3O3/c1-16-14-17-6-2-4-8-21(17)28(16)23(30)15-32-25(31)24-20-7-3-5-9-22(20)29(27-24)19-12-10-18(26)11-13-19/h2,4,6,8,10-13,16H,3,5,7,9,14-15H2,1H3. The number of carbonyl (C=O) groups is 2. The Morgan fingerprint density at radius 3 is 2.66 bits per heavy atom. The van der Waals surface area contributed by atoms with Crippen LogP contribution in [-0.4, -0.2) is 34.3 Å². The molecule has 2 aromatic carbocycles. The zero-order valence-corrected chi connectivity index (χ0v) is 17.9. The summed E-state index contributed by atoms with van der Waals surface area (Å²) in [6.07, 6.45) is 4.26. The summed E-state index contributed by atoms with van der Waals surface area (Å²) in [7, 11) is 0. The Morgan fingerprint density at radius 2 is 1.84 bits per heavy atom. The first-order chi connectivity index (χ1) is 15.5. The highest BCUT2D eigenvalue weighted by molar-refractivity contribution is 5.99. The molecule has 5 rings (SSSR count). The molecule has 0 N–H and O–H groups in total. The second-order valence-electron chi connectivity index (χ2n) is 8.39. The number of fused-ring (bicyclic) bond motifs is 2. The zero-order chi connectivity index (χ0) is 22.2. The molecule has 1 aliphatic carbocycles. The van der Waals surface area contributed by atoms with Gasteiger partial charge < -0.3 is 9.64 Å². The van der Waals surface area contributed by atoms with Crippen molar-refractivity contribution < 1.29 is 18.7 Å². The number of para-hydroxylation sites is 1. The van der Waals surface area contributed by atoms with Crippen LogP contribution in [0.4, 0.5) is 10.1 Å². The fourth-order valence-corrected chi connectivity index (χ4v) is 4.77. The van der Waals surface area contributed by atoms with Crippen LogP contribution in [0.25, 0.3) is 5.69 Å². The topological polar surface area (TPSA) is 64.4 Å². The van der Waals surface area contributed by atoms with E-state index in [2.05, 4.69) is 5.10 Å². The van der Waals surface area contributed by atoms with Crippen LogP contribution in [-0.2, 0) is 28.8 Å². The molecule has 1 amide bonds. The molecule has 0 fully saturated rings. The van der Waals surface area contributed by atoms with Crippen molar-refractivity contribution in [3.8, 4) is 5.69 Å². The SMILES string of the molecule is CC1Cc2ccccc2N1C(=O)COC(=O)c1nn(-c2ccc(F)cc2)c2c1CCCC2. The third kappa shape index (κ3) is 3.57. The zero-order valence-electron chi connectivity index (χ0n) is 17.9. The quantitative estimate of drug-likeness (QED) is 0.583. The number of hydrogen-bond acceptors (Lipinski definition) is 4. The largest absolute Gasteiger partial charge is 0.451 e. The molecule has 3 aromatic rings. The van der Waals surface area contributed by atoms with E-state index in [9.17, 15) is 14.0 Å². The molecule has 1 aromatic heterocycles. The smallest absolute Gasteiger partial charge is 0.359 e. The summed E-state index contributed by atoms with van der Waals surface area (Å²) in [5.41, 5.74) is 4.74. The second kappa shape index (κ2) is 8.22. The van der Waals surface area contributed by atoms with E-state index >= 15 is 0 Å². The average Bonchev–Trinajstić information content (AvgIpc) is 3.35. The molecule has 1 atom stereocenters. The van der Waals surface area contributed by atoms with E-state index in [-0.39, 0.29) is 30.1 Å². The number of rotatable bonds is 4. The highest BCUT2D eigenvalue weighted by atomic mass is 19.1. The monoisotopic (exact) mass is 433 g/mol. The van der Waals surface area contributed by atoms with E-state index in [1.165, 1.54) is 12.1 Å². The van der Waals surface area contributed by atoms with Crippen molar-refractivity contribution in [1.29, 1.82) is 0 Å². The Morgan fingerprint density at radius 1 is 1.09 bits per heavy atom. The van der Waals surface area contributed by atoms with Gasteiger partial charge in [0.2, 0.25) is 0 Å². The Hall–Kier alpha value is -3.48. The first kappa shape index (κ1) is 20.4. The van der Waals surface area contributed by atoms with Gasteiger partial charge in [-0.15, -0.1) is 0 Å². The Bertz CT molecular complexity index is 1190. The minimum atomic E-state index is -0.600. The van der Waals surface area contributed by atoms with Gasteiger partial charge in [-0.25, -0.2) is 13.9 Å². The third-order valence-electron chi connectivity index (χ3n) is 6.25. The minimum Gasteiger partial charge on any atom is -0.451 e. The number of hydrogen-bond donors (Lipinski definition) is 0. The molecule has 0 saturated heterocycles. The van der Waals surface area contributed by atoms with E-state index in [0.717, 1.165) is 54.6 Å². The van der Waals surface area contributed by atoms with Gasteiger partial charge in [-0.3, -0.25) is 4.79 Å². The van der Waals surface area contributed by atoms with Crippen molar-refractivity contribution in [3.63, 3.8) is 0 Å². The third-order valence-corrected chi connectivity index (χ3v) is 6.25.